The summed E-state index contributed by atoms with van der Waals surface area (Å²) >= 11 is 8.61. The Balaban J connectivity index is 1.76. The average molecular weight is 588 g/mol. The number of sulfonamides is 1. The average Bonchev–Trinajstić information content (AvgIpc) is 3.14. The third-order valence-corrected chi connectivity index (χ3v) is 10.7. The number of nitrogens with zero attached hydrogens (tertiary/aromatic N) is 1. The summed E-state index contributed by atoms with van der Waals surface area (Å²) in [5.41, 5.74) is 1.40. The van der Waals surface area contributed by atoms with Gasteiger partial charge >= 0.3 is 5.97 Å². The minimum Gasteiger partial charge on any atom is -0.482 e. The molecular formula is C26H31ClFNO5S3. The number of esters is 1. The first kappa shape index (κ1) is 29.7. The summed E-state index contributed by atoms with van der Waals surface area (Å²) in [6.45, 7) is 10.1. The second-order valence-corrected chi connectivity index (χ2v) is 13.7. The van der Waals surface area contributed by atoms with E-state index in [9.17, 15) is 17.6 Å². The van der Waals surface area contributed by atoms with Gasteiger partial charge in [0, 0.05) is 27.9 Å². The van der Waals surface area contributed by atoms with E-state index in [-0.39, 0.29) is 21.1 Å². The molecule has 0 aliphatic carbocycles. The molecular weight excluding hydrogens is 557 g/mol. The Kier molecular flexibility index (Phi) is 10.3. The van der Waals surface area contributed by atoms with E-state index in [2.05, 4.69) is 0 Å². The number of halogens is 2. The van der Waals surface area contributed by atoms with E-state index < -0.39 is 21.8 Å². The number of carbonyl (C=O) groups excluding carboxylic acids is 1. The largest absolute Gasteiger partial charge is 0.482 e. The van der Waals surface area contributed by atoms with Crippen LogP contribution in [0.25, 0.3) is 10.1 Å². The van der Waals surface area contributed by atoms with E-state index in [1.807, 2.05) is 32.9 Å². The summed E-state index contributed by atoms with van der Waals surface area (Å²) in [5, 5.41) is 0.486. The summed E-state index contributed by atoms with van der Waals surface area (Å²) in [6.07, 6.45) is 0.659. The molecule has 0 aliphatic heterocycles. The summed E-state index contributed by atoms with van der Waals surface area (Å²) in [6, 6.07) is 8.42. The highest BCUT2D eigenvalue weighted by Crippen LogP contribution is 2.38. The van der Waals surface area contributed by atoms with Gasteiger partial charge in [0.25, 0.3) is 10.0 Å². The summed E-state index contributed by atoms with van der Waals surface area (Å²) in [4.78, 5) is 12.5. The number of hydrogen-bond donors (Lipinski definition) is 0. The molecule has 6 nitrogen and oxygen atoms in total. The van der Waals surface area contributed by atoms with Crippen LogP contribution in [0.4, 0.5) is 4.39 Å². The molecule has 1 atom stereocenters. The van der Waals surface area contributed by atoms with Crippen molar-refractivity contribution < 1.29 is 27.1 Å². The lowest BCUT2D eigenvalue weighted by Gasteiger charge is -2.24. The fourth-order valence-corrected chi connectivity index (χ4v) is 8.84. The Morgan fingerprint density at radius 3 is 2.59 bits per heavy atom. The van der Waals surface area contributed by atoms with Crippen LogP contribution in [0.1, 0.15) is 38.3 Å². The van der Waals surface area contributed by atoms with E-state index in [1.165, 1.54) is 16.4 Å². The van der Waals surface area contributed by atoms with Gasteiger partial charge in [0.2, 0.25) is 0 Å². The van der Waals surface area contributed by atoms with Gasteiger partial charge in [-0.2, -0.15) is 4.31 Å². The van der Waals surface area contributed by atoms with Crippen LogP contribution >= 0.6 is 34.7 Å². The van der Waals surface area contributed by atoms with Crippen LogP contribution in [0, 0.1) is 19.7 Å². The van der Waals surface area contributed by atoms with Gasteiger partial charge in [-0.3, -0.25) is 0 Å². The summed E-state index contributed by atoms with van der Waals surface area (Å²) < 4.78 is 54.2. The number of aryl methyl sites for hydroxylation is 2. The number of ether oxygens (including phenoxy) is 2. The van der Waals surface area contributed by atoms with Crippen molar-refractivity contribution in [2.45, 2.75) is 55.4 Å². The summed E-state index contributed by atoms with van der Waals surface area (Å²) in [7, 11) is -3.79. The van der Waals surface area contributed by atoms with Crippen molar-refractivity contribution in [1.82, 2.24) is 4.31 Å². The van der Waals surface area contributed by atoms with Crippen molar-refractivity contribution in [2.75, 3.05) is 26.3 Å². The number of carbonyl (C=O) groups is 1. The molecule has 2 aromatic carbocycles. The molecule has 0 aliphatic rings. The molecule has 0 N–H and O–H groups in total. The molecule has 1 aromatic heterocycles. The van der Waals surface area contributed by atoms with Crippen LogP contribution in [-0.2, 0) is 19.6 Å². The predicted octanol–water partition coefficient (Wildman–Crippen LogP) is 6.83. The van der Waals surface area contributed by atoms with Gasteiger partial charge in [-0.05, 0) is 74.0 Å². The first-order chi connectivity index (χ1) is 17.5. The second-order valence-electron chi connectivity index (χ2n) is 8.59. The van der Waals surface area contributed by atoms with Gasteiger partial charge in [-0.25, -0.2) is 17.6 Å². The molecule has 11 heteroatoms. The Morgan fingerprint density at radius 1 is 1.22 bits per heavy atom. The monoisotopic (exact) mass is 587 g/mol. The summed E-state index contributed by atoms with van der Waals surface area (Å²) in [5.74, 6) is -0.396. The molecule has 1 unspecified atom stereocenters. The normalized spacial score (nSPS) is 12.8. The molecule has 0 spiro atoms. The first-order valence-corrected chi connectivity index (χ1v) is 15.4. The van der Waals surface area contributed by atoms with Crippen LogP contribution in [0.3, 0.4) is 0 Å². The van der Waals surface area contributed by atoms with Crippen LogP contribution in [-0.4, -0.2) is 50.2 Å². The smallest absolute Gasteiger partial charge is 0.344 e. The highest BCUT2D eigenvalue weighted by Gasteiger charge is 2.30. The fourth-order valence-electron chi connectivity index (χ4n) is 3.87. The first-order valence-electron chi connectivity index (χ1n) is 11.9. The Hall–Kier alpha value is -1.85. The van der Waals surface area contributed by atoms with Gasteiger partial charge in [0.15, 0.2) is 6.61 Å². The van der Waals surface area contributed by atoms with Crippen molar-refractivity contribution in [3.63, 3.8) is 0 Å². The maximum atomic E-state index is 14.0. The number of hydrogen-bond acceptors (Lipinski definition) is 7. The molecule has 0 saturated carbocycles. The van der Waals surface area contributed by atoms with Gasteiger partial charge in [-0.15, -0.1) is 23.1 Å². The van der Waals surface area contributed by atoms with E-state index in [1.54, 1.807) is 31.7 Å². The quantitative estimate of drug-likeness (QED) is 0.171. The third kappa shape index (κ3) is 7.17. The van der Waals surface area contributed by atoms with Gasteiger partial charge in [0.05, 0.1) is 11.6 Å². The topological polar surface area (TPSA) is 72.9 Å². The lowest BCUT2D eigenvalue weighted by molar-refractivity contribution is -0.145. The number of benzene rings is 2. The van der Waals surface area contributed by atoms with Crippen LogP contribution in [0.2, 0.25) is 5.02 Å². The fraction of sp³-hybridized carbons (Fsp3) is 0.423. The Labute approximate surface area is 231 Å². The van der Waals surface area contributed by atoms with Gasteiger partial charge < -0.3 is 9.47 Å². The van der Waals surface area contributed by atoms with Crippen LogP contribution in [0.5, 0.6) is 5.75 Å². The molecule has 0 amide bonds. The van der Waals surface area contributed by atoms with E-state index in [4.69, 9.17) is 21.1 Å². The molecule has 37 heavy (non-hydrogen) atoms. The predicted molar refractivity (Wildman–Crippen MR) is 149 cm³/mol. The zero-order valence-corrected chi connectivity index (χ0v) is 24.7. The number of thiophene rings is 1. The number of thioether (sulfide) groups is 1. The molecule has 0 bridgehead atoms. The SMILES string of the molecule is CCCN(CC(C)Sc1ccc(OCC(=O)OCC)c(C)c1)S(=O)(=O)c1sc2cc(Cl)c(F)cc2c1C. The maximum Gasteiger partial charge on any atom is 0.344 e. The van der Waals surface area contributed by atoms with Crippen molar-refractivity contribution in [3.05, 3.63) is 52.3 Å². The molecule has 202 valence electrons. The van der Waals surface area contributed by atoms with Gasteiger partial charge in [0.1, 0.15) is 15.8 Å². The van der Waals surface area contributed by atoms with Crippen LogP contribution in [0.15, 0.2) is 39.4 Å². The van der Waals surface area contributed by atoms with Crippen molar-refractivity contribution in [1.29, 1.82) is 0 Å². The maximum absolute atomic E-state index is 14.0. The molecule has 3 aromatic rings. The highest BCUT2D eigenvalue weighted by atomic mass is 35.5. The van der Waals surface area contributed by atoms with Crippen molar-refractivity contribution >= 4 is 60.8 Å². The lowest BCUT2D eigenvalue weighted by atomic mass is 10.2. The molecule has 3 rings (SSSR count). The minimum absolute atomic E-state index is 0.0271. The number of rotatable bonds is 12. The molecule has 0 radical (unpaired) electrons. The van der Waals surface area contributed by atoms with E-state index >= 15 is 0 Å². The minimum atomic E-state index is -3.79. The van der Waals surface area contributed by atoms with E-state index in [0.29, 0.717) is 47.5 Å². The van der Waals surface area contributed by atoms with E-state index in [0.717, 1.165) is 21.8 Å². The Bertz CT molecular complexity index is 1380. The van der Waals surface area contributed by atoms with Crippen molar-refractivity contribution in [3.8, 4) is 5.75 Å². The third-order valence-electron chi connectivity index (χ3n) is 5.58. The number of fused-ring (bicyclic) bond motifs is 1. The lowest BCUT2D eigenvalue weighted by Crippen LogP contribution is -2.36. The zero-order valence-electron chi connectivity index (χ0n) is 21.5. The van der Waals surface area contributed by atoms with Crippen molar-refractivity contribution in [2.24, 2.45) is 0 Å². The molecule has 0 saturated heterocycles. The standard InChI is InChI=1S/C26H31ClFNO5S3/c1-6-10-29(37(31,32)26-18(5)20-12-22(28)21(27)13-24(20)36-26)14-17(4)35-19-8-9-23(16(3)11-19)34-15-25(30)33-7-2/h8-9,11-13,17H,6-7,10,14-15H2,1-5H3. The van der Waals surface area contributed by atoms with Crippen LogP contribution < -0.4 is 4.74 Å². The Morgan fingerprint density at radius 2 is 1.95 bits per heavy atom. The molecule has 0 fully saturated rings. The highest BCUT2D eigenvalue weighted by molar-refractivity contribution is 8.00. The van der Waals surface area contributed by atoms with Gasteiger partial charge in [-0.1, -0.05) is 25.4 Å². The zero-order chi connectivity index (χ0) is 27.3. The second kappa shape index (κ2) is 12.8. The molecule has 1 heterocycles.